The van der Waals surface area contributed by atoms with E-state index in [1.165, 1.54) is 28.9 Å². The van der Waals surface area contributed by atoms with Gasteiger partial charge in [0, 0.05) is 37.6 Å². The number of hydrogen-bond donors (Lipinski definition) is 1. The normalized spacial score (nSPS) is 14.4. The van der Waals surface area contributed by atoms with Crippen LogP contribution in [0.4, 0.5) is 20.6 Å². The topological polar surface area (TPSA) is 35.6 Å². The summed E-state index contributed by atoms with van der Waals surface area (Å²) in [5.41, 5.74) is 4.70. The molecule has 4 nitrogen and oxygen atoms in total. The highest BCUT2D eigenvalue weighted by Crippen LogP contribution is 2.28. The molecule has 0 aliphatic carbocycles. The van der Waals surface area contributed by atoms with Crippen molar-refractivity contribution in [3.63, 3.8) is 0 Å². The Balaban J connectivity index is 1.64. The Labute approximate surface area is 154 Å². The number of para-hydroxylation sites is 1. The monoisotopic (exact) mass is 355 g/mol. The molecule has 1 aliphatic rings. The maximum Gasteiger partial charge on any atom is 0.321 e. The van der Waals surface area contributed by atoms with Crippen molar-refractivity contribution in [2.75, 3.05) is 36.4 Å². The fourth-order valence-corrected chi connectivity index (χ4v) is 3.49. The second kappa shape index (κ2) is 8.21. The van der Waals surface area contributed by atoms with Crippen LogP contribution < -0.4 is 10.2 Å². The van der Waals surface area contributed by atoms with Crippen LogP contribution >= 0.6 is 0 Å². The fraction of sp³-hybridized carbons (Fsp3) is 0.381. The Bertz CT molecular complexity index is 730. The molecule has 26 heavy (non-hydrogen) atoms. The van der Waals surface area contributed by atoms with E-state index in [9.17, 15) is 9.18 Å². The summed E-state index contributed by atoms with van der Waals surface area (Å²) >= 11 is 0. The molecule has 0 spiro atoms. The predicted molar refractivity (Wildman–Crippen MR) is 104 cm³/mol. The molecule has 0 aromatic heterocycles. The van der Waals surface area contributed by atoms with Crippen LogP contribution in [0.15, 0.2) is 42.5 Å². The molecule has 1 aliphatic heterocycles. The molecule has 0 atom stereocenters. The van der Waals surface area contributed by atoms with Gasteiger partial charge in [-0.25, -0.2) is 9.18 Å². The van der Waals surface area contributed by atoms with Gasteiger partial charge in [0.05, 0.1) is 0 Å². The van der Waals surface area contributed by atoms with E-state index in [1.54, 1.807) is 12.1 Å². The average molecular weight is 355 g/mol. The zero-order chi connectivity index (χ0) is 18.5. The minimum atomic E-state index is -0.307. The van der Waals surface area contributed by atoms with Crippen molar-refractivity contribution in [2.45, 2.75) is 26.7 Å². The van der Waals surface area contributed by atoms with E-state index < -0.39 is 0 Å². The Morgan fingerprint density at radius 1 is 0.962 bits per heavy atom. The number of amides is 2. The number of nitrogens with zero attached hydrogens (tertiary/aromatic N) is 2. The third-order valence-corrected chi connectivity index (χ3v) is 4.94. The van der Waals surface area contributed by atoms with E-state index >= 15 is 0 Å². The lowest BCUT2D eigenvalue weighted by atomic mass is 10.0. The van der Waals surface area contributed by atoms with Gasteiger partial charge in [0.2, 0.25) is 0 Å². The largest absolute Gasteiger partial charge is 0.368 e. The van der Waals surface area contributed by atoms with Crippen LogP contribution in [0.5, 0.6) is 0 Å². The quantitative estimate of drug-likeness (QED) is 0.887. The zero-order valence-electron chi connectivity index (χ0n) is 15.5. The highest BCUT2D eigenvalue weighted by molar-refractivity contribution is 5.89. The van der Waals surface area contributed by atoms with Gasteiger partial charge in [0.25, 0.3) is 0 Å². The Hall–Kier alpha value is -2.56. The molecule has 1 fully saturated rings. The van der Waals surface area contributed by atoms with Gasteiger partial charge >= 0.3 is 6.03 Å². The first kappa shape index (κ1) is 18.2. The lowest BCUT2D eigenvalue weighted by Gasteiger charge is -2.38. The van der Waals surface area contributed by atoms with Gasteiger partial charge in [0.15, 0.2) is 0 Å². The van der Waals surface area contributed by atoms with E-state index in [-0.39, 0.29) is 11.8 Å². The molecular weight excluding hydrogens is 329 g/mol. The van der Waals surface area contributed by atoms with E-state index in [2.05, 4.69) is 42.3 Å². The highest BCUT2D eigenvalue weighted by atomic mass is 19.1. The number of piperazine rings is 1. The van der Waals surface area contributed by atoms with Crippen molar-refractivity contribution < 1.29 is 9.18 Å². The van der Waals surface area contributed by atoms with Crippen LogP contribution in [0, 0.1) is 5.82 Å². The summed E-state index contributed by atoms with van der Waals surface area (Å²) in [6.45, 7) is 7.36. The SMILES string of the molecule is CCc1cccc(CC)c1N1CCN(C(=O)Nc2ccc(F)cc2)CC1. The molecule has 2 aromatic carbocycles. The number of carbonyl (C=O) groups is 1. The number of rotatable bonds is 4. The van der Waals surface area contributed by atoms with Gasteiger partial charge in [-0.05, 0) is 48.2 Å². The fourth-order valence-electron chi connectivity index (χ4n) is 3.49. The minimum Gasteiger partial charge on any atom is -0.368 e. The van der Waals surface area contributed by atoms with Gasteiger partial charge in [0.1, 0.15) is 5.82 Å². The summed E-state index contributed by atoms with van der Waals surface area (Å²) in [6, 6.07) is 12.2. The molecule has 0 radical (unpaired) electrons. The van der Waals surface area contributed by atoms with Crippen molar-refractivity contribution in [3.05, 3.63) is 59.4 Å². The van der Waals surface area contributed by atoms with Gasteiger partial charge in [-0.15, -0.1) is 0 Å². The molecular formula is C21H26FN3O. The molecule has 2 amide bonds. The first-order valence-electron chi connectivity index (χ1n) is 9.29. The summed E-state index contributed by atoms with van der Waals surface area (Å²) in [5, 5.41) is 2.84. The number of aryl methyl sites for hydroxylation is 2. The first-order chi connectivity index (χ1) is 12.6. The Morgan fingerprint density at radius 3 is 2.08 bits per heavy atom. The number of hydrogen-bond acceptors (Lipinski definition) is 2. The van der Waals surface area contributed by atoms with Gasteiger partial charge in [-0.3, -0.25) is 0 Å². The zero-order valence-corrected chi connectivity index (χ0v) is 15.5. The maximum atomic E-state index is 13.0. The minimum absolute atomic E-state index is 0.129. The second-order valence-corrected chi connectivity index (χ2v) is 6.54. The van der Waals surface area contributed by atoms with Crippen molar-refractivity contribution in [2.24, 2.45) is 0 Å². The van der Waals surface area contributed by atoms with Crippen LogP contribution in [0.3, 0.4) is 0 Å². The molecule has 1 heterocycles. The van der Waals surface area contributed by atoms with Crippen LogP contribution in [-0.2, 0) is 12.8 Å². The van der Waals surface area contributed by atoms with Crippen molar-refractivity contribution >= 4 is 17.4 Å². The Morgan fingerprint density at radius 2 is 1.54 bits per heavy atom. The Kier molecular flexibility index (Phi) is 5.76. The van der Waals surface area contributed by atoms with Crippen molar-refractivity contribution in [1.29, 1.82) is 0 Å². The lowest BCUT2D eigenvalue weighted by molar-refractivity contribution is 0.208. The van der Waals surface area contributed by atoms with E-state index in [4.69, 9.17) is 0 Å². The predicted octanol–water partition coefficient (Wildman–Crippen LogP) is 4.30. The van der Waals surface area contributed by atoms with E-state index in [1.807, 2.05) is 4.90 Å². The number of anilines is 2. The van der Waals surface area contributed by atoms with Gasteiger partial charge in [-0.2, -0.15) is 0 Å². The number of halogens is 1. The van der Waals surface area contributed by atoms with Crippen LogP contribution in [0.25, 0.3) is 0 Å². The molecule has 1 N–H and O–H groups in total. The molecule has 138 valence electrons. The number of carbonyl (C=O) groups excluding carboxylic acids is 1. The van der Waals surface area contributed by atoms with Crippen LogP contribution in [0.2, 0.25) is 0 Å². The van der Waals surface area contributed by atoms with Crippen molar-refractivity contribution in [3.8, 4) is 0 Å². The van der Waals surface area contributed by atoms with Gasteiger partial charge < -0.3 is 15.1 Å². The highest BCUT2D eigenvalue weighted by Gasteiger charge is 2.23. The van der Waals surface area contributed by atoms with E-state index in [0.717, 1.165) is 25.9 Å². The number of nitrogens with one attached hydrogen (secondary N) is 1. The summed E-state index contributed by atoms with van der Waals surface area (Å²) in [5.74, 6) is -0.307. The second-order valence-electron chi connectivity index (χ2n) is 6.54. The molecule has 2 aromatic rings. The standard InChI is InChI=1S/C21H26FN3O/c1-3-16-6-5-7-17(4-2)20(16)24-12-14-25(15-13-24)21(26)23-19-10-8-18(22)9-11-19/h5-11H,3-4,12-15H2,1-2H3,(H,23,26). The average Bonchev–Trinajstić information content (AvgIpc) is 2.69. The van der Waals surface area contributed by atoms with Crippen LogP contribution in [0.1, 0.15) is 25.0 Å². The summed E-state index contributed by atoms with van der Waals surface area (Å²) < 4.78 is 13.0. The number of benzene rings is 2. The number of urea groups is 1. The first-order valence-corrected chi connectivity index (χ1v) is 9.29. The summed E-state index contributed by atoms with van der Waals surface area (Å²) in [6.07, 6.45) is 2.02. The molecule has 1 saturated heterocycles. The maximum absolute atomic E-state index is 13.0. The van der Waals surface area contributed by atoms with Crippen LogP contribution in [-0.4, -0.2) is 37.1 Å². The smallest absolute Gasteiger partial charge is 0.321 e. The van der Waals surface area contributed by atoms with E-state index in [0.29, 0.717) is 18.8 Å². The summed E-state index contributed by atoms with van der Waals surface area (Å²) in [4.78, 5) is 16.7. The molecule has 3 rings (SSSR count). The van der Waals surface area contributed by atoms with Gasteiger partial charge in [-0.1, -0.05) is 32.0 Å². The van der Waals surface area contributed by atoms with Crippen molar-refractivity contribution in [1.82, 2.24) is 4.90 Å². The molecule has 0 saturated carbocycles. The third kappa shape index (κ3) is 3.98. The molecule has 5 heteroatoms. The molecule has 0 bridgehead atoms. The summed E-state index contributed by atoms with van der Waals surface area (Å²) in [7, 11) is 0. The molecule has 0 unspecified atom stereocenters. The third-order valence-electron chi connectivity index (χ3n) is 4.94. The lowest BCUT2D eigenvalue weighted by Crippen LogP contribution is -2.50.